The Kier molecular flexibility index (Phi) is 3.57. The number of hydrogen-bond donors (Lipinski definition) is 1. The molecule has 1 rings (SSSR count). The van der Waals surface area contributed by atoms with Gasteiger partial charge < -0.3 is 10.1 Å². The molecule has 1 N–H and O–H groups in total. The number of terminal acetylenes is 1. The molecule has 0 aliphatic carbocycles. The molecule has 0 aromatic heterocycles. The first-order chi connectivity index (χ1) is 6.79. The van der Waals surface area contributed by atoms with E-state index in [2.05, 4.69) is 11.2 Å². The first-order valence-corrected chi connectivity index (χ1v) is 4.17. The molecule has 14 heavy (non-hydrogen) atoms. The third kappa shape index (κ3) is 2.27. The summed E-state index contributed by atoms with van der Waals surface area (Å²) in [6, 6.07) is 6.96. The molecule has 0 spiro atoms. The quantitative estimate of drug-likeness (QED) is 0.722. The summed E-state index contributed by atoms with van der Waals surface area (Å²) in [4.78, 5) is 11.4. The maximum Gasteiger partial charge on any atom is 0.254 e. The molecular formula is C11H11NO2. The number of carbonyl (C=O) groups is 1. The second kappa shape index (κ2) is 4.93. The topological polar surface area (TPSA) is 38.3 Å². The maximum atomic E-state index is 11.4. The van der Waals surface area contributed by atoms with Crippen LogP contribution in [0.5, 0.6) is 5.75 Å². The second-order valence-electron chi connectivity index (χ2n) is 2.57. The molecule has 0 aliphatic heterocycles. The van der Waals surface area contributed by atoms with Gasteiger partial charge in [-0.15, -0.1) is 6.42 Å². The van der Waals surface area contributed by atoms with E-state index in [1.807, 2.05) is 0 Å². The fraction of sp³-hybridized carbons (Fsp3) is 0.182. The number of hydrogen-bond acceptors (Lipinski definition) is 2. The SMILES string of the molecule is C#CCOc1ccccc1C(=O)NC. The van der Waals surface area contributed by atoms with Crippen LogP contribution in [0.2, 0.25) is 0 Å². The summed E-state index contributed by atoms with van der Waals surface area (Å²) in [5, 5.41) is 2.53. The number of benzene rings is 1. The minimum atomic E-state index is -0.183. The fourth-order valence-electron chi connectivity index (χ4n) is 1.03. The number of rotatable bonds is 3. The summed E-state index contributed by atoms with van der Waals surface area (Å²) in [7, 11) is 1.57. The fourth-order valence-corrected chi connectivity index (χ4v) is 1.03. The Hall–Kier alpha value is -1.95. The zero-order valence-electron chi connectivity index (χ0n) is 7.91. The highest BCUT2D eigenvalue weighted by Gasteiger charge is 2.08. The number of para-hydroxylation sites is 1. The Morgan fingerprint density at radius 3 is 2.93 bits per heavy atom. The van der Waals surface area contributed by atoms with Crippen LogP contribution in [0.3, 0.4) is 0 Å². The van der Waals surface area contributed by atoms with Crippen LogP contribution in [0.15, 0.2) is 24.3 Å². The lowest BCUT2D eigenvalue weighted by Crippen LogP contribution is -2.18. The Balaban J connectivity index is 2.92. The zero-order chi connectivity index (χ0) is 10.4. The van der Waals surface area contributed by atoms with Gasteiger partial charge in [0.15, 0.2) is 0 Å². The molecule has 72 valence electrons. The van der Waals surface area contributed by atoms with Gasteiger partial charge in [0, 0.05) is 7.05 Å². The maximum absolute atomic E-state index is 11.4. The first kappa shape index (κ1) is 10.1. The Morgan fingerprint density at radius 2 is 2.29 bits per heavy atom. The van der Waals surface area contributed by atoms with Gasteiger partial charge in [-0.3, -0.25) is 4.79 Å². The minimum Gasteiger partial charge on any atom is -0.480 e. The van der Waals surface area contributed by atoms with Crippen LogP contribution in [0.1, 0.15) is 10.4 Å². The molecule has 0 fully saturated rings. The van der Waals surface area contributed by atoms with Gasteiger partial charge in [0.1, 0.15) is 12.4 Å². The Bertz CT molecular complexity index is 366. The summed E-state index contributed by atoms with van der Waals surface area (Å²) >= 11 is 0. The van der Waals surface area contributed by atoms with Crippen molar-refractivity contribution in [2.24, 2.45) is 0 Å². The van der Waals surface area contributed by atoms with Crippen molar-refractivity contribution in [3.63, 3.8) is 0 Å². The highest BCUT2D eigenvalue weighted by atomic mass is 16.5. The van der Waals surface area contributed by atoms with E-state index in [0.717, 1.165) is 0 Å². The van der Waals surface area contributed by atoms with Crippen LogP contribution in [-0.4, -0.2) is 19.6 Å². The Morgan fingerprint density at radius 1 is 1.57 bits per heavy atom. The van der Waals surface area contributed by atoms with Gasteiger partial charge in [0.2, 0.25) is 0 Å². The molecule has 1 aromatic rings. The van der Waals surface area contributed by atoms with E-state index in [4.69, 9.17) is 11.2 Å². The van der Waals surface area contributed by atoms with Crippen molar-refractivity contribution in [1.29, 1.82) is 0 Å². The van der Waals surface area contributed by atoms with Gasteiger partial charge >= 0.3 is 0 Å². The van der Waals surface area contributed by atoms with Crippen molar-refractivity contribution >= 4 is 5.91 Å². The monoisotopic (exact) mass is 189 g/mol. The molecule has 0 radical (unpaired) electrons. The molecule has 0 unspecified atom stereocenters. The van der Waals surface area contributed by atoms with Crippen molar-refractivity contribution in [2.75, 3.05) is 13.7 Å². The Labute approximate surface area is 83.1 Å². The smallest absolute Gasteiger partial charge is 0.254 e. The van der Waals surface area contributed by atoms with Gasteiger partial charge in [0.05, 0.1) is 5.56 Å². The van der Waals surface area contributed by atoms with Crippen molar-refractivity contribution in [2.45, 2.75) is 0 Å². The predicted octanol–water partition coefficient (Wildman–Crippen LogP) is 1.06. The summed E-state index contributed by atoms with van der Waals surface area (Å²) < 4.78 is 5.21. The van der Waals surface area contributed by atoms with Crippen LogP contribution in [-0.2, 0) is 0 Å². The predicted molar refractivity (Wildman–Crippen MR) is 54.2 cm³/mol. The molecule has 0 saturated carbocycles. The third-order valence-electron chi connectivity index (χ3n) is 1.67. The molecule has 3 nitrogen and oxygen atoms in total. The van der Waals surface area contributed by atoms with Gasteiger partial charge in [-0.05, 0) is 12.1 Å². The minimum absolute atomic E-state index is 0.161. The van der Waals surface area contributed by atoms with E-state index in [0.29, 0.717) is 11.3 Å². The zero-order valence-corrected chi connectivity index (χ0v) is 7.91. The van der Waals surface area contributed by atoms with E-state index in [1.54, 1.807) is 31.3 Å². The summed E-state index contributed by atoms with van der Waals surface area (Å²) in [5.74, 6) is 2.67. The summed E-state index contributed by atoms with van der Waals surface area (Å²) in [5.41, 5.74) is 0.491. The van der Waals surface area contributed by atoms with E-state index in [-0.39, 0.29) is 12.5 Å². The number of ether oxygens (including phenoxy) is 1. The standard InChI is InChI=1S/C11H11NO2/c1-3-8-14-10-7-5-4-6-9(10)11(13)12-2/h1,4-7H,8H2,2H3,(H,12,13). The van der Waals surface area contributed by atoms with Gasteiger partial charge in [-0.1, -0.05) is 18.1 Å². The summed E-state index contributed by atoms with van der Waals surface area (Å²) in [6.07, 6.45) is 5.06. The van der Waals surface area contributed by atoms with Crippen molar-refractivity contribution in [3.05, 3.63) is 29.8 Å². The van der Waals surface area contributed by atoms with Gasteiger partial charge in [-0.2, -0.15) is 0 Å². The van der Waals surface area contributed by atoms with E-state index in [9.17, 15) is 4.79 Å². The second-order valence-corrected chi connectivity index (χ2v) is 2.57. The third-order valence-corrected chi connectivity index (χ3v) is 1.67. The number of nitrogens with one attached hydrogen (secondary N) is 1. The molecule has 0 bridgehead atoms. The van der Waals surface area contributed by atoms with Crippen LogP contribution in [0.4, 0.5) is 0 Å². The van der Waals surface area contributed by atoms with Crippen molar-refractivity contribution in [1.82, 2.24) is 5.32 Å². The average Bonchev–Trinajstić information content (AvgIpc) is 2.25. The normalized spacial score (nSPS) is 8.86. The molecule has 1 aromatic carbocycles. The lowest BCUT2D eigenvalue weighted by molar-refractivity contribution is 0.0959. The van der Waals surface area contributed by atoms with Crippen LogP contribution >= 0.6 is 0 Å². The molecule has 0 aliphatic rings. The highest BCUT2D eigenvalue weighted by molar-refractivity contribution is 5.96. The van der Waals surface area contributed by atoms with Gasteiger partial charge in [0.25, 0.3) is 5.91 Å². The lowest BCUT2D eigenvalue weighted by atomic mass is 10.2. The molecule has 1 amide bonds. The largest absolute Gasteiger partial charge is 0.480 e. The van der Waals surface area contributed by atoms with Crippen molar-refractivity contribution in [3.8, 4) is 18.1 Å². The molecule has 0 heterocycles. The molecule has 0 saturated heterocycles. The number of carbonyl (C=O) groups excluding carboxylic acids is 1. The van der Waals surface area contributed by atoms with E-state index < -0.39 is 0 Å². The lowest BCUT2D eigenvalue weighted by Gasteiger charge is -2.07. The summed E-state index contributed by atoms with van der Waals surface area (Å²) in [6.45, 7) is 0.161. The first-order valence-electron chi connectivity index (χ1n) is 4.17. The van der Waals surface area contributed by atoms with E-state index >= 15 is 0 Å². The van der Waals surface area contributed by atoms with Crippen LogP contribution in [0, 0.1) is 12.3 Å². The molecule has 0 atom stereocenters. The molecule has 3 heteroatoms. The molecular weight excluding hydrogens is 178 g/mol. The average molecular weight is 189 g/mol. The highest BCUT2D eigenvalue weighted by Crippen LogP contribution is 2.17. The van der Waals surface area contributed by atoms with Crippen molar-refractivity contribution < 1.29 is 9.53 Å². The van der Waals surface area contributed by atoms with Crippen LogP contribution in [0.25, 0.3) is 0 Å². The van der Waals surface area contributed by atoms with Crippen LogP contribution < -0.4 is 10.1 Å². The number of amides is 1. The van der Waals surface area contributed by atoms with E-state index in [1.165, 1.54) is 0 Å². The van der Waals surface area contributed by atoms with Gasteiger partial charge in [-0.25, -0.2) is 0 Å².